The third-order valence-corrected chi connectivity index (χ3v) is 5.18. The van der Waals surface area contributed by atoms with Crippen molar-refractivity contribution in [3.8, 4) is 5.75 Å². The summed E-state index contributed by atoms with van der Waals surface area (Å²) in [6, 6.07) is 13.9. The fourth-order valence-corrected chi connectivity index (χ4v) is 3.63. The number of aromatic hydroxyl groups is 1. The molecular formula is C18H14ClIN2O3. The van der Waals surface area contributed by atoms with Crippen LogP contribution >= 0.6 is 34.5 Å². The highest BCUT2D eigenvalue weighted by Crippen LogP contribution is 2.34. The van der Waals surface area contributed by atoms with E-state index in [0.29, 0.717) is 17.7 Å². The Balaban J connectivity index is 2.27. The Morgan fingerprint density at radius 1 is 1.20 bits per heavy atom. The van der Waals surface area contributed by atoms with Crippen molar-refractivity contribution >= 4 is 57.0 Å². The van der Waals surface area contributed by atoms with Crippen LogP contribution in [0.4, 0.5) is 5.69 Å². The van der Waals surface area contributed by atoms with E-state index >= 15 is 0 Å². The molecule has 0 unspecified atom stereocenters. The molecule has 0 aliphatic carbocycles. The van der Waals surface area contributed by atoms with Crippen molar-refractivity contribution in [2.45, 2.75) is 6.92 Å². The summed E-state index contributed by atoms with van der Waals surface area (Å²) in [4.78, 5) is 27.2. The normalized spacial score (nSPS) is 10.8. The molecule has 0 saturated carbocycles. The largest absolute Gasteiger partial charge is 0.506 e. The van der Waals surface area contributed by atoms with Gasteiger partial charge in [0, 0.05) is 12.2 Å². The van der Waals surface area contributed by atoms with Crippen molar-refractivity contribution < 1.29 is 9.90 Å². The Labute approximate surface area is 162 Å². The number of hydrogen-bond acceptors (Lipinski definition) is 3. The molecule has 25 heavy (non-hydrogen) atoms. The number of fused-ring (bicyclic) bond motifs is 1. The van der Waals surface area contributed by atoms with Crippen molar-refractivity contribution in [1.82, 2.24) is 2.78 Å². The van der Waals surface area contributed by atoms with Crippen LogP contribution in [0.2, 0.25) is 5.02 Å². The summed E-state index contributed by atoms with van der Waals surface area (Å²) in [7, 11) is 0. The average molecular weight is 469 g/mol. The molecule has 0 aliphatic heterocycles. The number of carbonyl (C=O) groups is 1. The summed E-state index contributed by atoms with van der Waals surface area (Å²) in [5.74, 6) is -0.957. The zero-order valence-electron chi connectivity index (χ0n) is 13.2. The second-order valence-electron chi connectivity index (χ2n) is 5.33. The van der Waals surface area contributed by atoms with Crippen LogP contribution in [0.25, 0.3) is 10.9 Å². The minimum absolute atomic E-state index is 0.275. The first-order valence-corrected chi connectivity index (χ1v) is 8.91. The Morgan fingerprint density at radius 2 is 1.88 bits per heavy atom. The summed E-state index contributed by atoms with van der Waals surface area (Å²) in [6.45, 7) is 2.15. The number of para-hydroxylation sites is 1. The third-order valence-electron chi connectivity index (χ3n) is 3.91. The van der Waals surface area contributed by atoms with Gasteiger partial charge >= 0.3 is 0 Å². The molecular weight excluding hydrogens is 455 g/mol. The second kappa shape index (κ2) is 7.05. The van der Waals surface area contributed by atoms with Crippen molar-refractivity contribution in [1.29, 1.82) is 0 Å². The van der Waals surface area contributed by atoms with Crippen LogP contribution in [-0.4, -0.2) is 20.3 Å². The number of halogens is 2. The van der Waals surface area contributed by atoms with Gasteiger partial charge in [0.05, 0.1) is 38.8 Å². The number of hydrogen-bond donors (Lipinski definition) is 1. The van der Waals surface area contributed by atoms with Gasteiger partial charge in [0.15, 0.2) is 0 Å². The number of rotatable bonds is 3. The Bertz CT molecular complexity index is 1020. The highest BCUT2D eigenvalue weighted by molar-refractivity contribution is 14.1. The number of nitrogens with zero attached hydrogens (tertiary/aromatic N) is 2. The maximum Gasteiger partial charge on any atom is 0.276 e. The summed E-state index contributed by atoms with van der Waals surface area (Å²) < 4.78 is 1.30. The molecule has 0 bridgehead atoms. The van der Waals surface area contributed by atoms with Gasteiger partial charge in [-0.3, -0.25) is 9.59 Å². The number of aromatic nitrogens is 1. The molecule has 0 atom stereocenters. The monoisotopic (exact) mass is 468 g/mol. The van der Waals surface area contributed by atoms with Crippen LogP contribution in [0, 0.1) is 0 Å². The topological polar surface area (TPSA) is 62.5 Å². The van der Waals surface area contributed by atoms with Crippen molar-refractivity contribution in [2.75, 3.05) is 11.4 Å². The van der Waals surface area contributed by atoms with Gasteiger partial charge in [0.2, 0.25) is 0 Å². The lowest BCUT2D eigenvalue weighted by atomic mass is 10.1. The molecule has 0 radical (unpaired) electrons. The molecule has 3 aromatic rings. The van der Waals surface area contributed by atoms with Gasteiger partial charge in [-0.25, -0.2) is 2.78 Å². The van der Waals surface area contributed by atoms with Crippen molar-refractivity contribution in [3.05, 3.63) is 69.5 Å². The Kier molecular flexibility index (Phi) is 5.01. The molecule has 7 heteroatoms. The van der Waals surface area contributed by atoms with Crippen LogP contribution in [0.5, 0.6) is 5.75 Å². The molecule has 5 nitrogen and oxygen atoms in total. The van der Waals surface area contributed by atoms with Crippen molar-refractivity contribution in [2.24, 2.45) is 0 Å². The zero-order chi connectivity index (χ0) is 18.1. The van der Waals surface area contributed by atoms with E-state index < -0.39 is 17.2 Å². The van der Waals surface area contributed by atoms with E-state index in [-0.39, 0.29) is 16.0 Å². The highest BCUT2D eigenvalue weighted by atomic mass is 127. The van der Waals surface area contributed by atoms with E-state index in [1.54, 1.807) is 49.4 Å². The first-order valence-electron chi connectivity index (χ1n) is 7.56. The smallest absolute Gasteiger partial charge is 0.276 e. The fourth-order valence-electron chi connectivity index (χ4n) is 2.72. The number of carbonyl (C=O) groups excluding carboxylic acids is 1. The highest BCUT2D eigenvalue weighted by Gasteiger charge is 2.27. The molecule has 0 spiro atoms. The molecule has 2 aromatic carbocycles. The first kappa shape index (κ1) is 17.8. The Morgan fingerprint density at radius 3 is 2.52 bits per heavy atom. The van der Waals surface area contributed by atoms with E-state index in [9.17, 15) is 14.7 Å². The molecule has 1 aromatic heterocycles. The Hall–Kier alpha value is -2.06. The minimum Gasteiger partial charge on any atom is -0.506 e. The lowest BCUT2D eigenvalue weighted by Gasteiger charge is -2.22. The number of anilines is 1. The predicted octanol–water partition coefficient (Wildman–Crippen LogP) is 4.23. The van der Waals surface area contributed by atoms with Gasteiger partial charge in [-0.15, -0.1) is 0 Å². The average Bonchev–Trinajstić information content (AvgIpc) is 2.61. The number of amides is 1. The van der Waals surface area contributed by atoms with Gasteiger partial charge in [-0.2, -0.15) is 0 Å². The maximum atomic E-state index is 13.0. The van der Waals surface area contributed by atoms with Gasteiger partial charge in [0.1, 0.15) is 11.3 Å². The van der Waals surface area contributed by atoms with E-state index in [1.165, 1.54) is 7.68 Å². The lowest BCUT2D eigenvalue weighted by molar-refractivity contribution is 0.0984. The van der Waals surface area contributed by atoms with E-state index in [4.69, 9.17) is 11.6 Å². The molecule has 1 amide bonds. The van der Waals surface area contributed by atoms with E-state index in [0.717, 1.165) is 0 Å². The van der Waals surface area contributed by atoms with Crippen LogP contribution in [0.15, 0.2) is 53.3 Å². The van der Waals surface area contributed by atoms with Crippen LogP contribution in [0.3, 0.4) is 0 Å². The van der Waals surface area contributed by atoms with Gasteiger partial charge < -0.3 is 10.0 Å². The quantitative estimate of drug-likeness (QED) is 0.585. The molecule has 0 aliphatic rings. The number of benzene rings is 2. The van der Waals surface area contributed by atoms with Gasteiger partial charge in [-0.05, 0) is 31.2 Å². The van der Waals surface area contributed by atoms with Gasteiger partial charge in [0.25, 0.3) is 11.5 Å². The minimum atomic E-state index is -0.577. The molecule has 1 N–H and O–H groups in total. The predicted molar refractivity (Wildman–Crippen MR) is 108 cm³/mol. The summed E-state index contributed by atoms with van der Waals surface area (Å²) in [6.07, 6.45) is 0. The summed E-state index contributed by atoms with van der Waals surface area (Å²) in [5, 5.41) is 11.2. The zero-order valence-corrected chi connectivity index (χ0v) is 16.2. The fraction of sp³-hybridized carbons (Fsp3) is 0.111. The molecule has 0 fully saturated rings. The maximum absolute atomic E-state index is 13.0. The van der Waals surface area contributed by atoms with Crippen LogP contribution in [-0.2, 0) is 0 Å². The van der Waals surface area contributed by atoms with Gasteiger partial charge in [-0.1, -0.05) is 35.9 Å². The third kappa shape index (κ3) is 3.00. The molecule has 128 valence electrons. The molecule has 3 rings (SSSR count). The SMILES string of the molecule is CCN(C(=O)c1c(O)c2c(Cl)cccc2n(I)c1=O)c1ccccc1. The van der Waals surface area contributed by atoms with Crippen LogP contribution in [0.1, 0.15) is 17.3 Å². The summed E-state index contributed by atoms with van der Waals surface area (Å²) >= 11 is 8.00. The van der Waals surface area contributed by atoms with E-state index in [1.807, 2.05) is 28.9 Å². The molecule has 0 saturated heterocycles. The summed E-state index contributed by atoms with van der Waals surface area (Å²) in [5.41, 5.74) is 0.232. The molecule has 1 heterocycles. The lowest BCUT2D eigenvalue weighted by Crippen LogP contribution is -2.35. The van der Waals surface area contributed by atoms with E-state index in [2.05, 4.69) is 0 Å². The standard InChI is InChI=1S/C18H14ClIN2O3/c1-2-21(11-7-4-3-5-8-11)17(24)15-16(23)14-12(19)9-6-10-13(14)22(20)18(15)25/h3-10,23H,2H2,1H3. The van der Waals surface area contributed by atoms with Crippen molar-refractivity contribution in [3.63, 3.8) is 0 Å². The number of pyridine rings is 1. The first-order chi connectivity index (χ1) is 12.0. The van der Waals surface area contributed by atoms with Crippen LogP contribution < -0.4 is 10.5 Å². The second-order valence-corrected chi connectivity index (χ2v) is 6.70.